The lowest BCUT2D eigenvalue weighted by atomic mass is 9.75. The van der Waals surface area contributed by atoms with E-state index >= 15 is 0 Å². The first-order valence-corrected chi connectivity index (χ1v) is 12.9. The zero-order valence-corrected chi connectivity index (χ0v) is 21.8. The predicted octanol–water partition coefficient (Wildman–Crippen LogP) is 3.26. The highest BCUT2D eigenvalue weighted by molar-refractivity contribution is 5.94. The number of nitrogens with one attached hydrogen (secondary N) is 2. The van der Waals surface area contributed by atoms with Crippen LogP contribution in [-0.2, 0) is 4.79 Å². The van der Waals surface area contributed by atoms with Crippen LogP contribution in [0.3, 0.4) is 0 Å². The minimum Gasteiger partial charge on any atom is -0.492 e. The quantitative estimate of drug-likeness (QED) is 0.595. The summed E-state index contributed by atoms with van der Waals surface area (Å²) in [6.07, 6.45) is 3.29. The van der Waals surface area contributed by atoms with Gasteiger partial charge in [-0.2, -0.15) is 0 Å². The third-order valence-electron chi connectivity index (χ3n) is 7.84. The number of hydrogen-bond acceptors (Lipinski definition) is 5. The van der Waals surface area contributed by atoms with Gasteiger partial charge in [-0.3, -0.25) is 14.5 Å². The monoisotopic (exact) mass is 512 g/mol. The third kappa shape index (κ3) is 5.69. The highest BCUT2D eigenvalue weighted by atomic mass is 35.5. The molecule has 0 radical (unpaired) electrons. The van der Waals surface area contributed by atoms with Gasteiger partial charge in [0.2, 0.25) is 5.91 Å². The van der Waals surface area contributed by atoms with Crippen LogP contribution in [0.15, 0.2) is 54.6 Å². The van der Waals surface area contributed by atoms with Gasteiger partial charge in [0.25, 0.3) is 5.91 Å². The molecule has 3 fully saturated rings. The van der Waals surface area contributed by atoms with Gasteiger partial charge in [-0.1, -0.05) is 30.3 Å². The van der Waals surface area contributed by atoms with E-state index in [9.17, 15) is 9.59 Å². The molecule has 0 saturated carbocycles. The summed E-state index contributed by atoms with van der Waals surface area (Å²) < 4.78 is 5.90. The van der Waals surface area contributed by atoms with Gasteiger partial charge in [0, 0.05) is 50.6 Å². The Balaban J connectivity index is 0.00000304. The molecule has 3 atom stereocenters. The molecule has 3 saturated heterocycles. The van der Waals surface area contributed by atoms with E-state index in [1.165, 1.54) is 18.4 Å². The molecular formula is C28H37ClN4O3. The Bertz CT molecular complexity index is 1030. The van der Waals surface area contributed by atoms with Crippen LogP contribution in [0, 0.1) is 5.92 Å². The van der Waals surface area contributed by atoms with Crippen LogP contribution < -0.4 is 15.4 Å². The number of nitrogens with zero attached hydrogens (tertiary/aromatic N) is 2. The summed E-state index contributed by atoms with van der Waals surface area (Å²) in [6.45, 7) is 7.45. The molecule has 0 aliphatic carbocycles. The summed E-state index contributed by atoms with van der Waals surface area (Å²) in [5.74, 6) is 0.905. The summed E-state index contributed by atoms with van der Waals surface area (Å²) in [5.41, 5.74) is 1.52. The van der Waals surface area contributed by atoms with E-state index in [1.807, 2.05) is 47.4 Å². The van der Waals surface area contributed by atoms with Crippen molar-refractivity contribution in [3.05, 3.63) is 65.7 Å². The molecule has 2 aromatic carbocycles. The summed E-state index contributed by atoms with van der Waals surface area (Å²) >= 11 is 0. The molecule has 0 unspecified atom stereocenters. The fourth-order valence-corrected chi connectivity index (χ4v) is 6.02. The molecule has 3 heterocycles. The van der Waals surface area contributed by atoms with Gasteiger partial charge in [0.15, 0.2) is 0 Å². The van der Waals surface area contributed by atoms with Crippen LogP contribution >= 0.6 is 12.4 Å². The van der Waals surface area contributed by atoms with Crippen molar-refractivity contribution in [1.82, 2.24) is 20.4 Å². The molecule has 0 bridgehead atoms. The van der Waals surface area contributed by atoms with Crippen molar-refractivity contribution in [3.8, 4) is 5.75 Å². The number of likely N-dealkylation sites (tertiary alicyclic amines) is 2. The molecule has 2 N–H and O–H groups in total. The minimum absolute atomic E-state index is 0. The lowest BCUT2D eigenvalue weighted by Gasteiger charge is -2.45. The standard InChI is InChI=1S/C28H36N4O3.ClH/c1-21(33)30-28-13-16-32(19-25(28)26(29-20-28)22-7-3-2-4-8-22)27(34)23-9-11-24(12-10-23)35-18-17-31-14-5-6-15-31;/h2-4,7-12,25-26,29H,5-6,13-20H2,1H3,(H,30,33);1H/t25-,26-,28-;/m1./s1. The van der Waals surface area contributed by atoms with Crippen LogP contribution in [0.4, 0.5) is 0 Å². The minimum atomic E-state index is -0.337. The highest BCUT2D eigenvalue weighted by Gasteiger charge is 2.52. The van der Waals surface area contributed by atoms with E-state index in [-0.39, 0.29) is 41.7 Å². The highest BCUT2D eigenvalue weighted by Crippen LogP contribution is 2.42. The van der Waals surface area contributed by atoms with Crippen molar-refractivity contribution in [2.45, 2.75) is 37.8 Å². The Morgan fingerprint density at radius 3 is 2.47 bits per heavy atom. The first kappa shape index (κ1) is 26.5. The smallest absolute Gasteiger partial charge is 0.253 e. The SMILES string of the molecule is CC(=O)N[C@@]12CCN(C(=O)c3ccc(OCCN4CCCC4)cc3)C[C@@H]1[C@@H](c1ccccc1)NC2.Cl. The van der Waals surface area contributed by atoms with Crippen molar-refractivity contribution in [2.24, 2.45) is 5.92 Å². The van der Waals surface area contributed by atoms with Crippen LogP contribution in [0.1, 0.15) is 48.1 Å². The fourth-order valence-electron chi connectivity index (χ4n) is 6.02. The van der Waals surface area contributed by atoms with Crippen LogP contribution in [0.25, 0.3) is 0 Å². The van der Waals surface area contributed by atoms with Crippen molar-refractivity contribution < 1.29 is 14.3 Å². The molecule has 3 aliphatic rings. The molecule has 194 valence electrons. The van der Waals surface area contributed by atoms with Crippen LogP contribution in [0.5, 0.6) is 5.75 Å². The average molecular weight is 513 g/mol. The maximum Gasteiger partial charge on any atom is 0.253 e. The van der Waals surface area contributed by atoms with E-state index in [0.717, 1.165) is 31.8 Å². The van der Waals surface area contributed by atoms with Gasteiger partial charge >= 0.3 is 0 Å². The second-order valence-electron chi connectivity index (χ2n) is 10.1. The topological polar surface area (TPSA) is 73.9 Å². The molecular weight excluding hydrogens is 476 g/mol. The van der Waals surface area contributed by atoms with Gasteiger partial charge in [-0.05, 0) is 62.2 Å². The summed E-state index contributed by atoms with van der Waals surface area (Å²) in [7, 11) is 0. The molecule has 2 aromatic rings. The normalized spacial score (nSPS) is 25.6. The number of hydrogen-bond donors (Lipinski definition) is 2. The van der Waals surface area contributed by atoms with Crippen molar-refractivity contribution in [2.75, 3.05) is 45.9 Å². The Labute approximate surface area is 220 Å². The first-order chi connectivity index (χ1) is 17.0. The Hall–Kier alpha value is -2.61. The zero-order chi connectivity index (χ0) is 24.3. The molecule has 3 aliphatic heterocycles. The number of carbonyl (C=O) groups excluding carboxylic acids is 2. The Morgan fingerprint density at radius 2 is 1.78 bits per heavy atom. The summed E-state index contributed by atoms with van der Waals surface area (Å²) in [5, 5.41) is 6.88. The maximum absolute atomic E-state index is 13.4. The largest absolute Gasteiger partial charge is 0.492 e. The second kappa shape index (κ2) is 11.6. The van der Waals surface area contributed by atoms with Gasteiger partial charge in [-0.25, -0.2) is 0 Å². The van der Waals surface area contributed by atoms with Crippen molar-refractivity contribution in [1.29, 1.82) is 0 Å². The van der Waals surface area contributed by atoms with Crippen LogP contribution in [0.2, 0.25) is 0 Å². The molecule has 0 spiro atoms. The van der Waals surface area contributed by atoms with Crippen molar-refractivity contribution in [3.63, 3.8) is 0 Å². The van der Waals surface area contributed by atoms with E-state index in [0.29, 0.717) is 31.8 Å². The molecule has 0 aromatic heterocycles. The maximum atomic E-state index is 13.4. The van der Waals surface area contributed by atoms with Crippen LogP contribution in [-0.4, -0.2) is 73.0 Å². The number of fused-ring (bicyclic) bond motifs is 1. The number of benzene rings is 2. The Kier molecular flexibility index (Phi) is 8.54. The predicted molar refractivity (Wildman–Crippen MR) is 143 cm³/mol. The lowest BCUT2D eigenvalue weighted by molar-refractivity contribution is -0.121. The summed E-state index contributed by atoms with van der Waals surface area (Å²) in [4.78, 5) is 29.9. The number of rotatable bonds is 7. The number of halogens is 1. The van der Waals surface area contributed by atoms with Crippen molar-refractivity contribution >= 4 is 24.2 Å². The van der Waals surface area contributed by atoms with Gasteiger partial charge in [0.05, 0.1) is 5.54 Å². The van der Waals surface area contributed by atoms with E-state index in [1.54, 1.807) is 6.92 Å². The molecule has 8 heteroatoms. The fraction of sp³-hybridized carbons (Fsp3) is 0.500. The Morgan fingerprint density at radius 1 is 1.06 bits per heavy atom. The zero-order valence-electron chi connectivity index (χ0n) is 20.9. The van der Waals surface area contributed by atoms with Gasteiger partial charge < -0.3 is 20.3 Å². The second-order valence-corrected chi connectivity index (χ2v) is 10.1. The van der Waals surface area contributed by atoms with E-state index in [4.69, 9.17) is 4.74 Å². The molecule has 2 amide bonds. The summed E-state index contributed by atoms with van der Waals surface area (Å²) in [6, 6.07) is 17.9. The number of amides is 2. The lowest BCUT2D eigenvalue weighted by Crippen LogP contribution is -2.61. The van der Waals surface area contributed by atoms with E-state index in [2.05, 4.69) is 27.7 Å². The number of carbonyl (C=O) groups is 2. The molecule has 5 rings (SSSR count). The number of ether oxygens (including phenoxy) is 1. The number of piperidine rings is 1. The molecule has 7 nitrogen and oxygen atoms in total. The third-order valence-corrected chi connectivity index (χ3v) is 7.84. The van der Waals surface area contributed by atoms with Gasteiger partial charge in [0.1, 0.15) is 12.4 Å². The molecule has 36 heavy (non-hydrogen) atoms. The van der Waals surface area contributed by atoms with Gasteiger partial charge in [-0.15, -0.1) is 12.4 Å². The average Bonchev–Trinajstić information content (AvgIpc) is 3.52. The van der Waals surface area contributed by atoms with E-state index < -0.39 is 0 Å². The first-order valence-electron chi connectivity index (χ1n) is 12.9.